The molecule has 0 bridgehead atoms. The number of hydrogen-bond donors (Lipinski definition) is 0. The summed E-state index contributed by atoms with van der Waals surface area (Å²) < 4.78 is 11.8. The zero-order valence-electron chi connectivity index (χ0n) is 40.3. The predicted molar refractivity (Wildman–Crippen MR) is 310 cm³/mol. The van der Waals surface area contributed by atoms with E-state index in [0.717, 1.165) is 99.2 Å². The molecule has 0 atom stereocenters. The highest BCUT2D eigenvalue weighted by Gasteiger charge is 2.24. The molecule has 0 aliphatic rings. The summed E-state index contributed by atoms with van der Waals surface area (Å²) >= 11 is 0. The zero-order chi connectivity index (χ0) is 49.1. The molecule has 4 aromatic heterocycles. The summed E-state index contributed by atoms with van der Waals surface area (Å²) in [6.45, 7) is 0. The van der Waals surface area contributed by atoms with Crippen LogP contribution >= 0.6 is 0 Å². The Labute approximate surface area is 429 Å². The number of nitrogens with zero attached hydrogens (tertiary/aromatic N) is 5. The molecule has 16 rings (SSSR count). The van der Waals surface area contributed by atoms with E-state index >= 15 is 0 Å². The predicted octanol–water partition coefficient (Wildman–Crippen LogP) is 18.1. The van der Waals surface area contributed by atoms with Crippen LogP contribution in [0.3, 0.4) is 0 Å². The van der Waals surface area contributed by atoms with Gasteiger partial charge in [0.1, 0.15) is 11.2 Å². The molecular formula is C69H41N5O. The van der Waals surface area contributed by atoms with Gasteiger partial charge in [0, 0.05) is 60.2 Å². The van der Waals surface area contributed by atoms with Crippen LogP contribution in [0.5, 0.6) is 0 Å². The molecule has 4 heterocycles. The minimum atomic E-state index is 0.523. The average Bonchev–Trinajstić information content (AvgIpc) is 4.23. The van der Waals surface area contributed by atoms with Gasteiger partial charge in [0.25, 0.3) is 0 Å². The molecule has 348 valence electrons. The van der Waals surface area contributed by atoms with Crippen LogP contribution in [0.1, 0.15) is 0 Å². The number of para-hydroxylation sites is 3. The van der Waals surface area contributed by atoms with Crippen LogP contribution in [0.25, 0.3) is 155 Å². The summed E-state index contributed by atoms with van der Waals surface area (Å²) in [6, 6.07) is 88.6. The SMILES string of the molecule is c1ccc(-c2cccc(-c3nc(-c4cc5cc(-n6c7cc8ccccc8cc7c7ccc8ccccc8c76)ccc5c5c4oc4ccccc45)nc(-c4cccc5c4c4ccccc4n5-c4ccccc4)n3)c2)cc1. The van der Waals surface area contributed by atoms with Crippen molar-refractivity contribution in [2.45, 2.75) is 0 Å². The van der Waals surface area contributed by atoms with Crippen LogP contribution in [0.2, 0.25) is 0 Å². The highest BCUT2D eigenvalue weighted by Crippen LogP contribution is 2.45. The molecular weight excluding hydrogens is 915 g/mol. The fourth-order valence-electron chi connectivity index (χ4n) is 11.9. The van der Waals surface area contributed by atoms with Gasteiger partial charge in [-0.15, -0.1) is 0 Å². The van der Waals surface area contributed by atoms with Gasteiger partial charge in [0.15, 0.2) is 17.5 Å². The molecule has 0 spiro atoms. The lowest BCUT2D eigenvalue weighted by Gasteiger charge is -2.14. The number of hydrogen-bond acceptors (Lipinski definition) is 4. The van der Waals surface area contributed by atoms with Crippen LogP contribution in [-0.4, -0.2) is 24.1 Å². The molecule has 0 N–H and O–H groups in total. The number of rotatable bonds is 6. The number of furan rings is 1. The van der Waals surface area contributed by atoms with E-state index in [4.69, 9.17) is 19.4 Å². The van der Waals surface area contributed by atoms with Gasteiger partial charge in [-0.3, -0.25) is 0 Å². The Hall–Kier alpha value is -10.2. The molecule has 16 aromatic rings. The van der Waals surface area contributed by atoms with Crippen molar-refractivity contribution in [1.29, 1.82) is 0 Å². The Morgan fingerprint density at radius 2 is 0.933 bits per heavy atom. The number of benzene rings is 12. The van der Waals surface area contributed by atoms with Gasteiger partial charge in [-0.05, 0) is 105 Å². The van der Waals surface area contributed by atoms with Gasteiger partial charge in [-0.25, -0.2) is 15.0 Å². The minimum absolute atomic E-state index is 0.523. The van der Waals surface area contributed by atoms with Crippen molar-refractivity contribution in [3.05, 3.63) is 249 Å². The first-order chi connectivity index (χ1) is 37.2. The summed E-state index contributed by atoms with van der Waals surface area (Å²) in [5.41, 5.74) is 13.0. The summed E-state index contributed by atoms with van der Waals surface area (Å²) in [5, 5.41) is 13.6. The minimum Gasteiger partial charge on any atom is -0.455 e. The average molecular weight is 956 g/mol. The topological polar surface area (TPSA) is 61.7 Å². The highest BCUT2D eigenvalue weighted by molar-refractivity contribution is 6.24. The largest absolute Gasteiger partial charge is 0.455 e. The Morgan fingerprint density at radius 3 is 1.79 bits per heavy atom. The van der Waals surface area contributed by atoms with Crippen molar-refractivity contribution in [2.75, 3.05) is 0 Å². The van der Waals surface area contributed by atoms with E-state index in [0.29, 0.717) is 17.5 Å². The van der Waals surface area contributed by atoms with Gasteiger partial charge < -0.3 is 13.6 Å². The maximum Gasteiger partial charge on any atom is 0.167 e. The van der Waals surface area contributed by atoms with Crippen molar-refractivity contribution in [3.8, 4) is 56.7 Å². The quantitative estimate of drug-likeness (QED) is 0.167. The van der Waals surface area contributed by atoms with Crippen LogP contribution in [0.4, 0.5) is 0 Å². The van der Waals surface area contributed by atoms with Crippen LogP contribution in [0.15, 0.2) is 253 Å². The standard InChI is InChI=1S/C69H41N5O/c1-3-17-42(18-4-1)44-22-15-23-47(37-44)67-70-68(56-29-16-31-60-63(56)54-27-11-13-30-59(54)73(60)49-24-5-2-6-25-49)72-69(71-67)58-40-48-38-50(34-36-51(48)64-55-28-12-14-32-62(55)75-66(58)64)74-61-41-46-21-8-7-20-45(46)39-57(61)53-35-33-43-19-9-10-26-52(43)65(53)74/h1-41H. The third kappa shape index (κ3) is 6.36. The van der Waals surface area contributed by atoms with Crippen molar-refractivity contribution in [3.63, 3.8) is 0 Å². The Morgan fingerprint density at radius 1 is 0.293 bits per heavy atom. The first-order valence-electron chi connectivity index (χ1n) is 25.4. The first-order valence-corrected chi connectivity index (χ1v) is 25.4. The van der Waals surface area contributed by atoms with Gasteiger partial charge in [0.05, 0.1) is 27.6 Å². The summed E-state index contributed by atoms with van der Waals surface area (Å²) in [6.07, 6.45) is 0. The van der Waals surface area contributed by atoms with Crippen molar-refractivity contribution >= 4 is 97.9 Å². The van der Waals surface area contributed by atoms with E-state index in [9.17, 15) is 0 Å². The second kappa shape index (κ2) is 16.2. The smallest absolute Gasteiger partial charge is 0.167 e. The molecule has 0 saturated carbocycles. The van der Waals surface area contributed by atoms with Gasteiger partial charge in [-0.1, -0.05) is 182 Å². The molecule has 12 aromatic carbocycles. The molecule has 0 saturated heterocycles. The zero-order valence-corrected chi connectivity index (χ0v) is 40.3. The fourth-order valence-corrected chi connectivity index (χ4v) is 11.9. The van der Waals surface area contributed by atoms with Crippen molar-refractivity contribution < 1.29 is 4.42 Å². The Bertz CT molecular complexity index is 5010. The fraction of sp³-hybridized carbons (Fsp3) is 0. The van der Waals surface area contributed by atoms with E-state index in [2.05, 4.69) is 246 Å². The normalized spacial score (nSPS) is 12.0. The van der Waals surface area contributed by atoms with Crippen molar-refractivity contribution in [1.82, 2.24) is 24.1 Å². The lowest BCUT2D eigenvalue weighted by molar-refractivity contribution is 0.670. The van der Waals surface area contributed by atoms with Gasteiger partial charge in [0.2, 0.25) is 0 Å². The van der Waals surface area contributed by atoms with Gasteiger partial charge in [-0.2, -0.15) is 0 Å². The van der Waals surface area contributed by atoms with E-state index in [1.807, 2.05) is 12.1 Å². The monoisotopic (exact) mass is 955 g/mol. The summed E-state index contributed by atoms with van der Waals surface area (Å²) in [7, 11) is 0. The molecule has 0 amide bonds. The lowest BCUT2D eigenvalue weighted by atomic mass is 9.98. The molecule has 0 unspecified atom stereocenters. The van der Waals surface area contributed by atoms with Crippen LogP contribution in [0, 0.1) is 0 Å². The van der Waals surface area contributed by atoms with E-state index in [-0.39, 0.29) is 0 Å². The maximum absolute atomic E-state index is 6.99. The molecule has 0 fully saturated rings. The Kier molecular flexibility index (Phi) is 8.94. The van der Waals surface area contributed by atoms with E-state index in [1.54, 1.807) is 0 Å². The maximum atomic E-state index is 6.99. The van der Waals surface area contributed by atoms with E-state index in [1.165, 1.54) is 37.8 Å². The third-order valence-electron chi connectivity index (χ3n) is 15.3. The highest BCUT2D eigenvalue weighted by atomic mass is 16.3. The van der Waals surface area contributed by atoms with Crippen LogP contribution in [-0.2, 0) is 0 Å². The van der Waals surface area contributed by atoms with E-state index < -0.39 is 0 Å². The number of aromatic nitrogens is 5. The first kappa shape index (κ1) is 41.4. The second-order valence-corrected chi connectivity index (χ2v) is 19.5. The van der Waals surface area contributed by atoms with Crippen LogP contribution < -0.4 is 0 Å². The molecule has 6 heteroatoms. The summed E-state index contributed by atoms with van der Waals surface area (Å²) in [4.78, 5) is 16.5. The molecule has 0 radical (unpaired) electrons. The summed E-state index contributed by atoms with van der Waals surface area (Å²) in [5.74, 6) is 1.66. The number of fused-ring (bicyclic) bond motifs is 14. The molecule has 0 aliphatic carbocycles. The Balaban J connectivity index is 0.991. The lowest BCUT2D eigenvalue weighted by Crippen LogP contribution is -2.01. The molecule has 6 nitrogen and oxygen atoms in total. The second-order valence-electron chi connectivity index (χ2n) is 19.5. The third-order valence-corrected chi connectivity index (χ3v) is 15.3. The molecule has 0 aliphatic heterocycles. The van der Waals surface area contributed by atoms with Crippen molar-refractivity contribution in [2.24, 2.45) is 0 Å². The van der Waals surface area contributed by atoms with Gasteiger partial charge >= 0.3 is 0 Å². The molecule has 75 heavy (non-hydrogen) atoms.